The fraction of sp³-hybridized carbons (Fsp3) is 0.250. The molecule has 2 nitrogen and oxygen atoms in total. The fourth-order valence-corrected chi connectivity index (χ4v) is 2.10. The summed E-state index contributed by atoms with van der Waals surface area (Å²) in [7, 11) is 0. The van der Waals surface area contributed by atoms with Crippen molar-refractivity contribution in [3.8, 4) is 11.5 Å². The number of ether oxygens (including phenoxy) is 1. The van der Waals surface area contributed by atoms with Gasteiger partial charge in [-0.25, -0.2) is 0 Å². The molecule has 2 aromatic rings. The standard InChI is InChI=1S/C16H18ClNO/c1-11(2)12-6-8-14(9-7-12)19-16-13(10-18)4-3-5-15(16)17/h3-9,11H,10,18H2,1-2H3. The lowest BCUT2D eigenvalue weighted by Gasteiger charge is -2.12. The Labute approximate surface area is 119 Å². The van der Waals surface area contributed by atoms with Gasteiger partial charge in [-0.1, -0.05) is 49.7 Å². The van der Waals surface area contributed by atoms with E-state index in [2.05, 4.69) is 26.0 Å². The molecule has 0 saturated heterocycles. The molecule has 0 spiro atoms. The number of rotatable bonds is 4. The van der Waals surface area contributed by atoms with Crippen LogP contribution in [0.2, 0.25) is 5.02 Å². The Morgan fingerprint density at radius 2 is 1.79 bits per heavy atom. The monoisotopic (exact) mass is 275 g/mol. The van der Waals surface area contributed by atoms with E-state index in [1.165, 1.54) is 5.56 Å². The number of halogens is 1. The van der Waals surface area contributed by atoms with Crippen LogP contribution in [0, 0.1) is 0 Å². The lowest BCUT2D eigenvalue weighted by atomic mass is 10.0. The molecule has 2 N–H and O–H groups in total. The molecular formula is C16H18ClNO. The lowest BCUT2D eigenvalue weighted by molar-refractivity contribution is 0.476. The van der Waals surface area contributed by atoms with Crippen LogP contribution in [0.5, 0.6) is 11.5 Å². The predicted molar refractivity (Wildman–Crippen MR) is 79.9 cm³/mol. The van der Waals surface area contributed by atoms with E-state index >= 15 is 0 Å². The number of para-hydroxylation sites is 1. The van der Waals surface area contributed by atoms with Gasteiger partial charge in [0.15, 0.2) is 0 Å². The second-order valence-electron chi connectivity index (χ2n) is 4.76. The van der Waals surface area contributed by atoms with E-state index in [9.17, 15) is 0 Å². The summed E-state index contributed by atoms with van der Waals surface area (Å²) in [5, 5.41) is 0.580. The SMILES string of the molecule is CC(C)c1ccc(Oc2c(Cl)cccc2CN)cc1. The Morgan fingerprint density at radius 1 is 1.11 bits per heavy atom. The van der Waals surface area contributed by atoms with Gasteiger partial charge in [0.05, 0.1) is 5.02 Å². The normalized spacial score (nSPS) is 10.8. The van der Waals surface area contributed by atoms with Gasteiger partial charge in [0.2, 0.25) is 0 Å². The highest BCUT2D eigenvalue weighted by Gasteiger charge is 2.08. The van der Waals surface area contributed by atoms with Crippen LogP contribution in [0.25, 0.3) is 0 Å². The predicted octanol–water partition coefficient (Wildman–Crippen LogP) is 4.71. The van der Waals surface area contributed by atoms with Crippen LogP contribution in [0.1, 0.15) is 30.9 Å². The summed E-state index contributed by atoms with van der Waals surface area (Å²) in [5.41, 5.74) is 7.88. The zero-order chi connectivity index (χ0) is 13.8. The molecule has 0 amide bonds. The minimum atomic E-state index is 0.403. The van der Waals surface area contributed by atoms with E-state index in [-0.39, 0.29) is 0 Å². The van der Waals surface area contributed by atoms with Crippen LogP contribution in [-0.2, 0) is 6.54 Å². The summed E-state index contributed by atoms with van der Waals surface area (Å²) in [6.07, 6.45) is 0. The molecule has 0 bridgehead atoms. The maximum Gasteiger partial charge on any atom is 0.150 e. The van der Waals surface area contributed by atoms with Gasteiger partial charge in [-0.3, -0.25) is 0 Å². The minimum absolute atomic E-state index is 0.403. The fourth-order valence-electron chi connectivity index (χ4n) is 1.87. The maximum atomic E-state index is 6.16. The van der Waals surface area contributed by atoms with Crippen molar-refractivity contribution < 1.29 is 4.74 Å². The van der Waals surface area contributed by atoms with Gasteiger partial charge in [-0.05, 0) is 29.7 Å². The van der Waals surface area contributed by atoms with Crippen molar-refractivity contribution in [2.45, 2.75) is 26.3 Å². The summed E-state index contributed by atoms with van der Waals surface area (Å²) >= 11 is 6.16. The Bertz CT molecular complexity index is 549. The molecule has 0 unspecified atom stereocenters. The van der Waals surface area contributed by atoms with E-state index in [0.29, 0.717) is 23.2 Å². The average Bonchev–Trinajstić information content (AvgIpc) is 2.41. The highest BCUT2D eigenvalue weighted by Crippen LogP contribution is 2.33. The summed E-state index contributed by atoms with van der Waals surface area (Å²) in [5.74, 6) is 1.92. The third kappa shape index (κ3) is 3.28. The van der Waals surface area contributed by atoms with Gasteiger partial charge in [0.1, 0.15) is 11.5 Å². The van der Waals surface area contributed by atoms with Gasteiger partial charge in [0, 0.05) is 12.1 Å². The summed E-state index contributed by atoms with van der Waals surface area (Å²) < 4.78 is 5.85. The Morgan fingerprint density at radius 3 is 2.37 bits per heavy atom. The van der Waals surface area contributed by atoms with Gasteiger partial charge in [0.25, 0.3) is 0 Å². The first-order valence-corrected chi connectivity index (χ1v) is 6.75. The summed E-state index contributed by atoms with van der Waals surface area (Å²) in [6, 6.07) is 13.7. The molecular weight excluding hydrogens is 258 g/mol. The van der Waals surface area contributed by atoms with E-state index in [4.69, 9.17) is 22.1 Å². The highest BCUT2D eigenvalue weighted by atomic mass is 35.5. The van der Waals surface area contributed by atoms with Crippen LogP contribution in [-0.4, -0.2) is 0 Å². The molecule has 0 saturated carbocycles. The van der Waals surface area contributed by atoms with E-state index in [1.54, 1.807) is 6.07 Å². The number of benzene rings is 2. The first kappa shape index (κ1) is 13.9. The van der Waals surface area contributed by atoms with Crippen molar-refractivity contribution in [3.05, 3.63) is 58.6 Å². The smallest absolute Gasteiger partial charge is 0.150 e. The molecule has 2 rings (SSSR count). The van der Waals surface area contributed by atoms with Crippen molar-refractivity contribution in [2.24, 2.45) is 5.73 Å². The van der Waals surface area contributed by atoms with Gasteiger partial charge in [-0.15, -0.1) is 0 Å². The Balaban J connectivity index is 2.26. The van der Waals surface area contributed by atoms with Gasteiger partial charge >= 0.3 is 0 Å². The van der Waals surface area contributed by atoms with Gasteiger partial charge in [-0.2, -0.15) is 0 Å². The number of nitrogens with two attached hydrogens (primary N) is 1. The first-order chi connectivity index (χ1) is 9.11. The quantitative estimate of drug-likeness (QED) is 0.877. The second kappa shape index (κ2) is 6.09. The molecule has 0 aliphatic rings. The van der Waals surface area contributed by atoms with Crippen molar-refractivity contribution in [2.75, 3.05) is 0 Å². The Hall–Kier alpha value is -1.51. The molecule has 0 radical (unpaired) electrons. The van der Waals surface area contributed by atoms with Crippen molar-refractivity contribution in [3.63, 3.8) is 0 Å². The number of hydrogen-bond donors (Lipinski definition) is 1. The molecule has 3 heteroatoms. The Kier molecular flexibility index (Phi) is 4.46. The highest BCUT2D eigenvalue weighted by molar-refractivity contribution is 6.32. The van der Waals surface area contributed by atoms with Crippen molar-refractivity contribution >= 4 is 11.6 Å². The summed E-state index contributed by atoms with van der Waals surface area (Å²) in [6.45, 7) is 4.73. The van der Waals surface area contributed by atoms with E-state index < -0.39 is 0 Å². The molecule has 0 aliphatic carbocycles. The van der Waals surface area contributed by atoms with Crippen LogP contribution < -0.4 is 10.5 Å². The molecule has 0 aromatic heterocycles. The second-order valence-corrected chi connectivity index (χ2v) is 5.17. The molecule has 2 aromatic carbocycles. The third-order valence-corrected chi connectivity index (χ3v) is 3.33. The van der Waals surface area contributed by atoms with Crippen molar-refractivity contribution in [1.82, 2.24) is 0 Å². The third-order valence-electron chi connectivity index (χ3n) is 3.04. The molecule has 0 atom stereocenters. The van der Waals surface area contributed by atoms with E-state index in [0.717, 1.165) is 11.3 Å². The largest absolute Gasteiger partial charge is 0.455 e. The zero-order valence-corrected chi connectivity index (χ0v) is 11.9. The number of hydrogen-bond acceptors (Lipinski definition) is 2. The van der Waals surface area contributed by atoms with E-state index in [1.807, 2.05) is 24.3 Å². The molecule has 0 fully saturated rings. The average molecular weight is 276 g/mol. The van der Waals surface area contributed by atoms with Gasteiger partial charge < -0.3 is 10.5 Å². The lowest BCUT2D eigenvalue weighted by Crippen LogP contribution is -1.99. The summed E-state index contributed by atoms with van der Waals surface area (Å²) in [4.78, 5) is 0. The first-order valence-electron chi connectivity index (χ1n) is 6.37. The minimum Gasteiger partial charge on any atom is -0.455 e. The van der Waals surface area contributed by atoms with Crippen LogP contribution >= 0.6 is 11.6 Å². The van der Waals surface area contributed by atoms with Crippen LogP contribution in [0.3, 0.4) is 0 Å². The molecule has 19 heavy (non-hydrogen) atoms. The van der Waals surface area contributed by atoms with Crippen LogP contribution in [0.15, 0.2) is 42.5 Å². The maximum absolute atomic E-state index is 6.16. The zero-order valence-electron chi connectivity index (χ0n) is 11.2. The molecule has 0 aliphatic heterocycles. The van der Waals surface area contributed by atoms with Crippen molar-refractivity contribution in [1.29, 1.82) is 0 Å². The molecule has 0 heterocycles. The molecule has 100 valence electrons. The topological polar surface area (TPSA) is 35.2 Å². The van der Waals surface area contributed by atoms with Crippen LogP contribution in [0.4, 0.5) is 0 Å².